The van der Waals surface area contributed by atoms with E-state index in [0.29, 0.717) is 18.8 Å². The Morgan fingerprint density at radius 1 is 1.39 bits per heavy atom. The number of nitrogens with zero attached hydrogens (tertiary/aromatic N) is 3. The van der Waals surface area contributed by atoms with Gasteiger partial charge in [0.2, 0.25) is 0 Å². The molecule has 1 atom stereocenters. The summed E-state index contributed by atoms with van der Waals surface area (Å²) in [4.78, 5) is 0. The van der Waals surface area contributed by atoms with Crippen LogP contribution in [0.2, 0.25) is 0 Å². The Kier molecular flexibility index (Phi) is 3.94. The Balaban J connectivity index is 2.22. The molecule has 0 aromatic carbocycles. The molecule has 2 rings (SSSR count). The van der Waals surface area contributed by atoms with Crippen LogP contribution >= 0.6 is 0 Å². The van der Waals surface area contributed by atoms with Crippen LogP contribution in [0.5, 0.6) is 0 Å². The lowest BCUT2D eigenvalue weighted by atomic mass is 10.1. The molecule has 0 aliphatic carbocycles. The van der Waals surface area contributed by atoms with Gasteiger partial charge in [-0.3, -0.25) is 0 Å². The van der Waals surface area contributed by atoms with Crippen LogP contribution in [-0.2, 0) is 10.0 Å². The standard InChI is InChI=1S/C11H18N4O2S/c1-9-5-6-11(14-13-9)18(16,17)15-7-3-4-10(8-15)12-2/h5-6,10,12H,3-4,7-8H2,1-2H3/t10-/m0/s1. The van der Waals surface area contributed by atoms with Crippen LogP contribution in [0.3, 0.4) is 0 Å². The fourth-order valence-electron chi connectivity index (χ4n) is 2.05. The summed E-state index contributed by atoms with van der Waals surface area (Å²) < 4.78 is 26.2. The second kappa shape index (κ2) is 5.29. The molecule has 1 aliphatic rings. The van der Waals surface area contributed by atoms with Crippen molar-refractivity contribution in [2.75, 3.05) is 20.1 Å². The molecule has 0 amide bonds. The fraction of sp³-hybridized carbons (Fsp3) is 0.636. The van der Waals surface area contributed by atoms with Gasteiger partial charge in [0.05, 0.1) is 5.69 Å². The highest BCUT2D eigenvalue weighted by Gasteiger charge is 2.30. The Labute approximate surface area is 107 Å². The largest absolute Gasteiger partial charge is 0.316 e. The van der Waals surface area contributed by atoms with E-state index in [1.165, 1.54) is 10.4 Å². The predicted octanol–water partition coefficient (Wildman–Crippen LogP) is 0.158. The number of hydrogen-bond acceptors (Lipinski definition) is 5. The zero-order valence-corrected chi connectivity index (χ0v) is 11.4. The van der Waals surface area contributed by atoms with E-state index < -0.39 is 10.0 Å². The molecule has 1 saturated heterocycles. The lowest BCUT2D eigenvalue weighted by Gasteiger charge is -2.31. The quantitative estimate of drug-likeness (QED) is 0.846. The predicted molar refractivity (Wildman–Crippen MR) is 67.6 cm³/mol. The molecular weight excluding hydrogens is 252 g/mol. The number of nitrogens with one attached hydrogen (secondary N) is 1. The summed E-state index contributed by atoms with van der Waals surface area (Å²) in [5, 5.41) is 10.7. The van der Waals surface area contributed by atoms with Crippen molar-refractivity contribution in [3.8, 4) is 0 Å². The van der Waals surface area contributed by atoms with E-state index in [4.69, 9.17) is 0 Å². The molecule has 100 valence electrons. The Morgan fingerprint density at radius 2 is 2.17 bits per heavy atom. The molecule has 6 nitrogen and oxygen atoms in total. The van der Waals surface area contributed by atoms with Gasteiger partial charge in [-0.05, 0) is 38.9 Å². The zero-order valence-electron chi connectivity index (χ0n) is 10.6. The maximum Gasteiger partial charge on any atom is 0.262 e. The highest BCUT2D eigenvalue weighted by atomic mass is 32.2. The normalized spacial score (nSPS) is 22.0. The number of likely N-dealkylation sites (N-methyl/N-ethyl adjacent to an activating group) is 1. The minimum atomic E-state index is -3.50. The Hall–Kier alpha value is -1.05. The van der Waals surface area contributed by atoms with Gasteiger partial charge in [0.1, 0.15) is 0 Å². The van der Waals surface area contributed by atoms with Gasteiger partial charge >= 0.3 is 0 Å². The van der Waals surface area contributed by atoms with Crippen molar-refractivity contribution in [1.29, 1.82) is 0 Å². The number of rotatable bonds is 3. The van der Waals surface area contributed by atoms with Crippen LogP contribution < -0.4 is 5.32 Å². The minimum Gasteiger partial charge on any atom is -0.316 e. The van der Waals surface area contributed by atoms with Gasteiger partial charge in [0, 0.05) is 19.1 Å². The molecule has 18 heavy (non-hydrogen) atoms. The number of piperidine rings is 1. The van der Waals surface area contributed by atoms with Crippen LogP contribution in [0.15, 0.2) is 17.2 Å². The second-order valence-electron chi connectivity index (χ2n) is 4.50. The van der Waals surface area contributed by atoms with Gasteiger partial charge in [-0.2, -0.15) is 9.40 Å². The first-order valence-electron chi connectivity index (χ1n) is 6.02. The van der Waals surface area contributed by atoms with Crippen molar-refractivity contribution < 1.29 is 8.42 Å². The average Bonchev–Trinajstić information content (AvgIpc) is 2.39. The third-order valence-electron chi connectivity index (χ3n) is 3.17. The molecule has 7 heteroatoms. The molecule has 1 aromatic heterocycles. The molecule has 2 heterocycles. The van der Waals surface area contributed by atoms with Crippen molar-refractivity contribution in [2.24, 2.45) is 0 Å². The van der Waals surface area contributed by atoms with E-state index in [9.17, 15) is 8.42 Å². The third kappa shape index (κ3) is 2.68. The summed E-state index contributed by atoms with van der Waals surface area (Å²) in [5.41, 5.74) is 0.709. The minimum absolute atomic E-state index is 0.0323. The second-order valence-corrected chi connectivity index (χ2v) is 6.39. The van der Waals surface area contributed by atoms with Crippen molar-refractivity contribution in [3.05, 3.63) is 17.8 Å². The number of aromatic nitrogens is 2. The average molecular weight is 270 g/mol. The van der Waals surface area contributed by atoms with Crippen LogP contribution in [0.4, 0.5) is 0 Å². The first-order valence-corrected chi connectivity index (χ1v) is 7.46. The SMILES string of the molecule is CN[C@H]1CCCN(S(=O)(=O)c2ccc(C)nn2)C1. The molecule has 0 saturated carbocycles. The summed E-state index contributed by atoms with van der Waals surface area (Å²) in [5.74, 6) is 0. The lowest BCUT2D eigenvalue weighted by Crippen LogP contribution is -2.47. The molecular formula is C11H18N4O2S. The van der Waals surface area contributed by atoms with E-state index in [0.717, 1.165) is 12.8 Å². The van der Waals surface area contributed by atoms with Crippen LogP contribution in [-0.4, -0.2) is 49.1 Å². The Bertz CT molecular complexity index is 500. The lowest BCUT2D eigenvalue weighted by molar-refractivity contribution is 0.292. The molecule has 1 N–H and O–H groups in total. The number of hydrogen-bond donors (Lipinski definition) is 1. The van der Waals surface area contributed by atoms with Gasteiger partial charge < -0.3 is 5.32 Å². The first kappa shape index (κ1) is 13.4. The van der Waals surface area contributed by atoms with E-state index >= 15 is 0 Å². The van der Waals surface area contributed by atoms with E-state index in [2.05, 4.69) is 15.5 Å². The summed E-state index contributed by atoms with van der Waals surface area (Å²) in [6, 6.07) is 3.40. The summed E-state index contributed by atoms with van der Waals surface area (Å²) in [7, 11) is -1.65. The van der Waals surface area contributed by atoms with E-state index in [-0.39, 0.29) is 11.1 Å². The van der Waals surface area contributed by atoms with Crippen LogP contribution in [0, 0.1) is 6.92 Å². The van der Waals surface area contributed by atoms with Crippen molar-refractivity contribution in [2.45, 2.75) is 30.8 Å². The Morgan fingerprint density at radius 3 is 2.78 bits per heavy atom. The van der Waals surface area contributed by atoms with Gasteiger partial charge in [0.25, 0.3) is 10.0 Å². The molecule has 0 radical (unpaired) electrons. The third-order valence-corrected chi connectivity index (χ3v) is 4.93. The van der Waals surface area contributed by atoms with Crippen molar-refractivity contribution in [3.63, 3.8) is 0 Å². The first-order chi connectivity index (χ1) is 8.54. The van der Waals surface area contributed by atoms with Crippen LogP contribution in [0.25, 0.3) is 0 Å². The molecule has 1 aliphatic heterocycles. The highest BCUT2D eigenvalue weighted by Crippen LogP contribution is 2.18. The molecule has 1 aromatic rings. The molecule has 1 fully saturated rings. The zero-order chi connectivity index (χ0) is 13.2. The fourth-order valence-corrected chi connectivity index (χ4v) is 3.45. The maximum atomic E-state index is 12.4. The van der Waals surface area contributed by atoms with E-state index in [1.54, 1.807) is 13.0 Å². The number of sulfonamides is 1. The molecule has 0 unspecified atom stereocenters. The highest BCUT2D eigenvalue weighted by molar-refractivity contribution is 7.89. The van der Waals surface area contributed by atoms with Crippen molar-refractivity contribution in [1.82, 2.24) is 19.8 Å². The smallest absolute Gasteiger partial charge is 0.262 e. The monoisotopic (exact) mass is 270 g/mol. The van der Waals surface area contributed by atoms with Crippen LogP contribution in [0.1, 0.15) is 18.5 Å². The summed E-state index contributed by atoms with van der Waals surface area (Å²) in [6.45, 7) is 2.83. The number of aryl methyl sites for hydroxylation is 1. The molecule has 0 bridgehead atoms. The topological polar surface area (TPSA) is 75.2 Å². The summed E-state index contributed by atoms with van der Waals surface area (Å²) in [6.07, 6.45) is 1.87. The van der Waals surface area contributed by atoms with Gasteiger partial charge in [-0.15, -0.1) is 5.10 Å². The van der Waals surface area contributed by atoms with Gasteiger partial charge in [-0.1, -0.05) is 0 Å². The van der Waals surface area contributed by atoms with Crippen molar-refractivity contribution >= 4 is 10.0 Å². The van der Waals surface area contributed by atoms with E-state index in [1.807, 2.05) is 7.05 Å². The molecule has 0 spiro atoms. The van der Waals surface area contributed by atoms with Gasteiger partial charge in [-0.25, -0.2) is 8.42 Å². The summed E-state index contributed by atoms with van der Waals surface area (Å²) >= 11 is 0. The van der Waals surface area contributed by atoms with Gasteiger partial charge in [0.15, 0.2) is 5.03 Å². The maximum absolute atomic E-state index is 12.4.